The van der Waals surface area contributed by atoms with Crippen LogP contribution < -0.4 is 9.47 Å². The first-order valence-electron chi connectivity index (χ1n) is 14.4. The van der Waals surface area contributed by atoms with E-state index in [-0.39, 0.29) is 11.7 Å². The second-order valence-electron chi connectivity index (χ2n) is 10.2. The SMILES string of the molecule is C=CC(=O)Oc1ccc(C(=O)Sc2ccc3c(ccc4c(C)c(OCCCCCCOC(=O)C(=C)COC)ccc43)c2)cc1. The molecule has 4 aromatic carbocycles. The van der Waals surface area contributed by atoms with Crippen LogP contribution in [0.25, 0.3) is 21.5 Å². The van der Waals surface area contributed by atoms with E-state index >= 15 is 0 Å². The summed E-state index contributed by atoms with van der Waals surface area (Å²) in [6.07, 6.45) is 4.72. The van der Waals surface area contributed by atoms with E-state index in [9.17, 15) is 14.4 Å². The average molecular weight is 613 g/mol. The van der Waals surface area contributed by atoms with Crippen LogP contribution in [0.3, 0.4) is 0 Å². The van der Waals surface area contributed by atoms with E-state index in [4.69, 9.17) is 18.9 Å². The molecule has 4 aromatic rings. The molecule has 44 heavy (non-hydrogen) atoms. The summed E-state index contributed by atoms with van der Waals surface area (Å²) in [7, 11) is 1.52. The largest absolute Gasteiger partial charge is 0.493 e. The molecule has 0 N–H and O–H groups in total. The lowest BCUT2D eigenvalue weighted by Gasteiger charge is -2.13. The fourth-order valence-corrected chi connectivity index (χ4v) is 5.49. The number of carbonyl (C=O) groups excluding carboxylic acids is 3. The molecule has 0 radical (unpaired) electrons. The molecule has 0 amide bonds. The van der Waals surface area contributed by atoms with Gasteiger partial charge in [-0.25, -0.2) is 9.59 Å². The summed E-state index contributed by atoms with van der Waals surface area (Å²) in [4.78, 5) is 36.8. The van der Waals surface area contributed by atoms with Crippen molar-refractivity contribution in [2.75, 3.05) is 26.9 Å². The summed E-state index contributed by atoms with van der Waals surface area (Å²) < 4.78 is 21.3. The van der Waals surface area contributed by atoms with Gasteiger partial charge in [0.25, 0.3) is 0 Å². The van der Waals surface area contributed by atoms with Crippen molar-refractivity contribution in [1.82, 2.24) is 0 Å². The summed E-state index contributed by atoms with van der Waals surface area (Å²) in [5, 5.41) is 4.30. The fraction of sp³-hybridized carbons (Fsp3) is 0.250. The summed E-state index contributed by atoms with van der Waals surface area (Å²) in [6.45, 7) is 10.3. The predicted octanol–water partition coefficient (Wildman–Crippen LogP) is 8.01. The molecule has 0 bridgehead atoms. The van der Waals surface area contributed by atoms with Gasteiger partial charge in [-0.3, -0.25) is 4.79 Å². The predicted molar refractivity (Wildman–Crippen MR) is 175 cm³/mol. The summed E-state index contributed by atoms with van der Waals surface area (Å²) >= 11 is 1.16. The third-order valence-electron chi connectivity index (χ3n) is 7.03. The Balaban J connectivity index is 1.30. The number of hydrogen-bond donors (Lipinski definition) is 0. The minimum atomic E-state index is -0.548. The zero-order chi connectivity index (χ0) is 31.5. The number of methoxy groups -OCH3 is 1. The summed E-state index contributed by atoms with van der Waals surface area (Å²) in [5.74, 6) is 0.271. The number of rotatable bonds is 15. The molecule has 0 heterocycles. The lowest BCUT2D eigenvalue weighted by Crippen LogP contribution is -2.11. The van der Waals surface area contributed by atoms with Crippen LogP contribution in [-0.4, -0.2) is 44.0 Å². The van der Waals surface area contributed by atoms with Crippen molar-refractivity contribution < 1.29 is 33.3 Å². The number of aryl methyl sites for hydroxylation is 1. The van der Waals surface area contributed by atoms with E-state index in [0.29, 0.717) is 30.1 Å². The minimum absolute atomic E-state index is 0.1000. The number of fused-ring (bicyclic) bond motifs is 3. The van der Waals surface area contributed by atoms with Crippen molar-refractivity contribution in [2.45, 2.75) is 37.5 Å². The van der Waals surface area contributed by atoms with E-state index in [2.05, 4.69) is 44.3 Å². The lowest BCUT2D eigenvalue weighted by atomic mass is 9.98. The van der Waals surface area contributed by atoms with E-state index in [1.54, 1.807) is 24.3 Å². The standard InChI is InChI=1S/C36H36O7S/c1-5-34(37)43-28-13-10-26(11-14-28)36(39)44-29-15-17-31-27(22-29)12-16-30-25(3)33(19-18-32(30)31)41-20-8-6-7-9-21-42-35(38)24(2)23-40-4/h5,10-19,22H,1-2,6-9,20-21,23H2,3-4H3. The Labute approximate surface area is 261 Å². The molecule has 228 valence electrons. The zero-order valence-corrected chi connectivity index (χ0v) is 25.9. The molecule has 0 aliphatic heterocycles. The first-order chi connectivity index (χ1) is 21.3. The third-order valence-corrected chi connectivity index (χ3v) is 7.94. The van der Waals surface area contributed by atoms with Crippen molar-refractivity contribution in [3.05, 3.63) is 103 Å². The number of carbonyl (C=O) groups is 3. The maximum absolute atomic E-state index is 12.9. The average Bonchev–Trinajstić information content (AvgIpc) is 3.03. The molecule has 0 aliphatic rings. The van der Waals surface area contributed by atoms with E-state index in [1.165, 1.54) is 7.11 Å². The van der Waals surface area contributed by atoms with Crippen molar-refractivity contribution in [2.24, 2.45) is 0 Å². The Bertz CT molecular complexity index is 1670. The maximum Gasteiger partial charge on any atom is 0.335 e. The highest BCUT2D eigenvalue weighted by atomic mass is 32.2. The zero-order valence-electron chi connectivity index (χ0n) is 25.1. The molecule has 0 atom stereocenters. The first-order valence-corrected chi connectivity index (χ1v) is 15.2. The molecule has 0 fully saturated rings. The van der Waals surface area contributed by atoms with E-state index in [0.717, 1.165) is 81.3 Å². The van der Waals surface area contributed by atoms with Gasteiger partial charge in [-0.2, -0.15) is 0 Å². The van der Waals surface area contributed by atoms with Crippen LogP contribution in [0.1, 0.15) is 41.6 Å². The Morgan fingerprint density at radius 2 is 1.55 bits per heavy atom. The lowest BCUT2D eigenvalue weighted by molar-refractivity contribution is -0.139. The Morgan fingerprint density at radius 3 is 2.27 bits per heavy atom. The molecule has 0 saturated carbocycles. The molecule has 7 nitrogen and oxygen atoms in total. The van der Waals surface area contributed by atoms with E-state index in [1.807, 2.05) is 18.2 Å². The summed E-state index contributed by atoms with van der Waals surface area (Å²) in [6, 6.07) is 20.8. The number of unbranched alkanes of at least 4 members (excludes halogenated alkanes) is 3. The van der Waals surface area contributed by atoms with Crippen molar-refractivity contribution >= 4 is 50.4 Å². The van der Waals surface area contributed by atoms with Crippen molar-refractivity contribution in [3.63, 3.8) is 0 Å². The van der Waals surface area contributed by atoms with Crippen LogP contribution in [0, 0.1) is 6.92 Å². The number of hydrogen-bond acceptors (Lipinski definition) is 8. The second-order valence-corrected chi connectivity index (χ2v) is 11.3. The molecule has 8 heteroatoms. The van der Waals surface area contributed by atoms with Gasteiger partial charge < -0.3 is 18.9 Å². The number of benzene rings is 4. The normalized spacial score (nSPS) is 10.9. The van der Waals surface area contributed by atoms with Gasteiger partial charge in [0.05, 0.1) is 25.4 Å². The molecule has 0 saturated heterocycles. The van der Waals surface area contributed by atoms with Crippen LogP contribution in [-0.2, 0) is 19.1 Å². The first kappa shape index (κ1) is 32.5. The Hall–Kier alpha value is -4.40. The highest BCUT2D eigenvalue weighted by Gasteiger charge is 2.12. The Morgan fingerprint density at radius 1 is 0.841 bits per heavy atom. The Kier molecular flexibility index (Phi) is 11.7. The van der Waals surface area contributed by atoms with E-state index < -0.39 is 11.9 Å². The third kappa shape index (κ3) is 8.58. The minimum Gasteiger partial charge on any atom is -0.493 e. The van der Waals surface area contributed by atoms with Gasteiger partial charge in [0.2, 0.25) is 5.12 Å². The number of esters is 2. The monoisotopic (exact) mass is 612 g/mol. The van der Waals surface area contributed by atoms with Gasteiger partial charge in [0.15, 0.2) is 0 Å². The highest BCUT2D eigenvalue weighted by molar-refractivity contribution is 8.14. The van der Waals surface area contributed by atoms with Crippen molar-refractivity contribution in [3.8, 4) is 11.5 Å². The van der Waals surface area contributed by atoms with Gasteiger partial charge in [0.1, 0.15) is 11.5 Å². The van der Waals surface area contributed by atoms with Crippen LogP contribution in [0.4, 0.5) is 0 Å². The molecular formula is C36H36O7S. The van der Waals surface area contributed by atoms with Gasteiger partial charge >= 0.3 is 11.9 Å². The second kappa shape index (κ2) is 15.9. The van der Waals surface area contributed by atoms with Crippen LogP contribution in [0.2, 0.25) is 0 Å². The van der Waals surface area contributed by atoms with Crippen LogP contribution in [0.15, 0.2) is 96.4 Å². The van der Waals surface area contributed by atoms with Crippen LogP contribution in [0.5, 0.6) is 11.5 Å². The maximum atomic E-state index is 12.9. The topological polar surface area (TPSA) is 88.1 Å². The van der Waals surface area contributed by atoms with Crippen LogP contribution >= 0.6 is 11.8 Å². The molecule has 0 spiro atoms. The quantitative estimate of drug-likeness (QED) is 0.0333. The van der Waals surface area contributed by atoms with Gasteiger partial charge in [-0.1, -0.05) is 37.4 Å². The van der Waals surface area contributed by atoms with Gasteiger partial charge in [-0.05, 0) is 114 Å². The summed E-state index contributed by atoms with van der Waals surface area (Å²) in [5.41, 5.74) is 1.93. The number of thioether (sulfide) groups is 1. The molecular weight excluding hydrogens is 576 g/mol. The van der Waals surface area contributed by atoms with Crippen molar-refractivity contribution in [1.29, 1.82) is 0 Å². The highest BCUT2D eigenvalue weighted by Crippen LogP contribution is 2.35. The molecule has 0 unspecified atom stereocenters. The molecule has 0 aliphatic carbocycles. The number of ether oxygens (including phenoxy) is 4. The fourth-order valence-electron chi connectivity index (χ4n) is 4.70. The molecule has 4 rings (SSSR count). The molecule has 0 aromatic heterocycles. The smallest absolute Gasteiger partial charge is 0.335 e. The van der Waals surface area contributed by atoms with Gasteiger partial charge in [0, 0.05) is 23.6 Å². The van der Waals surface area contributed by atoms with Gasteiger partial charge in [-0.15, -0.1) is 0 Å².